The molecule has 0 aliphatic heterocycles. The van der Waals surface area contributed by atoms with Crippen molar-refractivity contribution in [2.45, 2.75) is 25.1 Å². The minimum absolute atomic E-state index is 0.350. The number of hydrogen-bond donors (Lipinski definition) is 1. The predicted molar refractivity (Wildman–Crippen MR) is 77.5 cm³/mol. The summed E-state index contributed by atoms with van der Waals surface area (Å²) in [6.07, 6.45) is -1.88. The largest absolute Gasteiger partial charge is 0.497 e. The van der Waals surface area contributed by atoms with Crippen molar-refractivity contribution in [2.24, 2.45) is 5.73 Å². The number of nitrogens with two attached hydrogens (primary N) is 1. The summed E-state index contributed by atoms with van der Waals surface area (Å²) in [7, 11) is 1.60. The zero-order valence-corrected chi connectivity index (χ0v) is 12.1. The molecular formula is C16H17F3N2O. The highest BCUT2D eigenvalue weighted by molar-refractivity contribution is 5.27. The average Bonchev–Trinajstić information content (AvgIpc) is 2.52. The molecule has 2 rings (SSSR count). The summed E-state index contributed by atoms with van der Waals surface area (Å²) in [4.78, 5) is 3.43. The first kappa shape index (κ1) is 16.3. The summed E-state index contributed by atoms with van der Waals surface area (Å²) >= 11 is 0. The van der Waals surface area contributed by atoms with Gasteiger partial charge in [0.25, 0.3) is 0 Å². The Balaban J connectivity index is 1.95. The van der Waals surface area contributed by atoms with Gasteiger partial charge in [-0.25, -0.2) is 0 Å². The molecular weight excluding hydrogens is 293 g/mol. The van der Waals surface area contributed by atoms with E-state index in [0.717, 1.165) is 23.8 Å². The molecule has 6 heteroatoms. The molecule has 0 radical (unpaired) electrons. The molecule has 1 unspecified atom stereocenters. The number of rotatable bonds is 5. The molecule has 118 valence electrons. The van der Waals surface area contributed by atoms with Crippen LogP contribution in [-0.2, 0) is 12.6 Å². The second-order valence-electron chi connectivity index (χ2n) is 4.97. The van der Waals surface area contributed by atoms with E-state index in [4.69, 9.17) is 10.5 Å². The van der Waals surface area contributed by atoms with Crippen LogP contribution in [-0.4, -0.2) is 12.1 Å². The van der Waals surface area contributed by atoms with Gasteiger partial charge >= 0.3 is 6.18 Å². The molecule has 0 fully saturated rings. The van der Waals surface area contributed by atoms with Gasteiger partial charge in [-0.3, -0.25) is 4.98 Å². The summed E-state index contributed by atoms with van der Waals surface area (Å²) in [6, 6.07) is 9.60. The molecule has 0 spiro atoms. The number of nitrogens with zero attached hydrogens (tertiary/aromatic N) is 1. The molecule has 1 aromatic heterocycles. The SMILES string of the molecule is COc1ccc(CCC(N)c2ccc(C(F)(F)F)nc2)cc1. The molecule has 0 aliphatic rings. The molecule has 1 heterocycles. The van der Waals surface area contributed by atoms with E-state index >= 15 is 0 Å². The molecule has 0 saturated heterocycles. The number of hydrogen-bond acceptors (Lipinski definition) is 3. The van der Waals surface area contributed by atoms with Crippen molar-refractivity contribution in [1.82, 2.24) is 4.98 Å². The second kappa shape index (κ2) is 6.79. The highest BCUT2D eigenvalue weighted by atomic mass is 19.4. The molecule has 2 N–H and O–H groups in total. The quantitative estimate of drug-likeness (QED) is 0.915. The first-order chi connectivity index (χ1) is 10.4. The lowest BCUT2D eigenvalue weighted by molar-refractivity contribution is -0.141. The molecule has 22 heavy (non-hydrogen) atoms. The Labute approximate surface area is 126 Å². The van der Waals surface area contributed by atoms with E-state index in [0.29, 0.717) is 12.0 Å². The predicted octanol–water partition coefficient (Wildman–Crippen LogP) is 3.74. The molecule has 0 amide bonds. The van der Waals surface area contributed by atoms with Crippen LogP contribution in [0.15, 0.2) is 42.6 Å². The van der Waals surface area contributed by atoms with Crippen LogP contribution in [0.25, 0.3) is 0 Å². The molecule has 0 bridgehead atoms. The van der Waals surface area contributed by atoms with E-state index in [1.807, 2.05) is 24.3 Å². The standard InChI is InChI=1S/C16H17F3N2O/c1-22-13-6-2-11(3-7-13)4-8-14(20)12-5-9-15(21-10-12)16(17,18)19/h2-3,5-7,9-10,14H,4,8,20H2,1H3. The monoisotopic (exact) mass is 310 g/mol. The van der Waals surface area contributed by atoms with Crippen molar-refractivity contribution < 1.29 is 17.9 Å². The average molecular weight is 310 g/mol. The summed E-state index contributed by atoms with van der Waals surface area (Å²) in [5, 5.41) is 0. The normalized spacial score (nSPS) is 13.0. The zero-order valence-electron chi connectivity index (χ0n) is 12.1. The van der Waals surface area contributed by atoms with Crippen LogP contribution in [0, 0.1) is 0 Å². The molecule has 0 aliphatic carbocycles. The Morgan fingerprint density at radius 1 is 1.14 bits per heavy atom. The lowest BCUT2D eigenvalue weighted by atomic mass is 10.0. The van der Waals surface area contributed by atoms with Crippen molar-refractivity contribution in [1.29, 1.82) is 0 Å². The van der Waals surface area contributed by atoms with Gasteiger partial charge in [-0.05, 0) is 42.2 Å². The van der Waals surface area contributed by atoms with Crippen molar-refractivity contribution in [3.8, 4) is 5.75 Å². The first-order valence-corrected chi connectivity index (χ1v) is 6.82. The third kappa shape index (κ3) is 4.21. The summed E-state index contributed by atoms with van der Waals surface area (Å²) < 4.78 is 42.4. The molecule has 1 atom stereocenters. The van der Waals surface area contributed by atoms with Crippen LogP contribution >= 0.6 is 0 Å². The van der Waals surface area contributed by atoms with Gasteiger partial charge in [0.2, 0.25) is 0 Å². The molecule has 2 aromatic rings. The van der Waals surface area contributed by atoms with Gasteiger partial charge in [-0.2, -0.15) is 13.2 Å². The lowest BCUT2D eigenvalue weighted by Crippen LogP contribution is -2.13. The van der Waals surface area contributed by atoms with Gasteiger partial charge in [0.1, 0.15) is 11.4 Å². The van der Waals surface area contributed by atoms with Crippen LogP contribution in [0.4, 0.5) is 13.2 Å². The van der Waals surface area contributed by atoms with Crippen molar-refractivity contribution in [2.75, 3.05) is 7.11 Å². The van der Waals surface area contributed by atoms with Crippen LogP contribution < -0.4 is 10.5 Å². The van der Waals surface area contributed by atoms with E-state index in [1.165, 1.54) is 12.3 Å². The Morgan fingerprint density at radius 3 is 2.32 bits per heavy atom. The number of benzene rings is 1. The van der Waals surface area contributed by atoms with Crippen molar-refractivity contribution in [3.05, 3.63) is 59.4 Å². The number of aryl methyl sites for hydroxylation is 1. The fraction of sp³-hybridized carbons (Fsp3) is 0.312. The fourth-order valence-corrected chi connectivity index (χ4v) is 2.07. The Morgan fingerprint density at radius 2 is 1.82 bits per heavy atom. The highest BCUT2D eigenvalue weighted by Crippen LogP contribution is 2.28. The van der Waals surface area contributed by atoms with E-state index < -0.39 is 11.9 Å². The van der Waals surface area contributed by atoms with E-state index in [2.05, 4.69) is 4.98 Å². The second-order valence-corrected chi connectivity index (χ2v) is 4.97. The van der Waals surface area contributed by atoms with E-state index in [9.17, 15) is 13.2 Å². The fourth-order valence-electron chi connectivity index (χ4n) is 2.07. The molecule has 0 saturated carbocycles. The van der Waals surface area contributed by atoms with Crippen LogP contribution in [0.5, 0.6) is 5.75 Å². The summed E-state index contributed by atoms with van der Waals surface area (Å²) in [5.41, 5.74) is 6.80. The number of ether oxygens (including phenoxy) is 1. The van der Waals surface area contributed by atoms with Crippen LogP contribution in [0.1, 0.15) is 29.3 Å². The number of methoxy groups -OCH3 is 1. The summed E-state index contributed by atoms with van der Waals surface area (Å²) in [5.74, 6) is 0.778. The number of alkyl halides is 3. The third-order valence-electron chi connectivity index (χ3n) is 3.41. The highest BCUT2D eigenvalue weighted by Gasteiger charge is 2.32. The van der Waals surface area contributed by atoms with E-state index in [1.54, 1.807) is 7.11 Å². The maximum absolute atomic E-state index is 12.4. The van der Waals surface area contributed by atoms with Gasteiger partial charge in [0.05, 0.1) is 7.11 Å². The minimum atomic E-state index is -4.42. The summed E-state index contributed by atoms with van der Waals surface area (Å²) in [6.45, 7) is 0. The molecule has 3 nitrogen and oxygen atoms in total. The third-order valence-corrected chi connectivity index (χ3v) is 3.41. The Kier molecular flexibility index (Phi) is 5.03. The smallest absolute Gasteiger partial charge is 0.433 e. The Hall–Kier alpha value is -2.08. The van der Waals surface area contributed by atoms with Gasteiger partial charge in [-0.1, -0.05) is 18.2 Å². The topological polar surface area (TPSA) is 48.1 Å². The van der Waals surface area contributed by atoms with Crippen molar-refractivity contribution >= 4 is 0 Å². The maximum Gasteiger partial charge on any atom is 0.433 e. The Bertz CT molecular complexity index is 594. The van der Waals surface area contributed by atoms with Crippen LogP contribution in [0.2, 0.25) is 0 Å². The van der Waals surface area contributed by atoms with Gasteiger partial charge < -0.3 is 10.5 Å². The van der Waals surface area contributed by atoms with E-state index in [-0.39, 0.29) is 6.04 Å². The number of aromatic nitrogens is 1. The molecule has 1 aromatic carbocycles. The van der Waals surface area contributed by atoms with Gasteiger partial charge in [0.15, 0.2) is 0 Å². The van der Waals surface area contributed by atoms with Crippen molar-refractivity contribution in [3.63, 3.8) is 0 Å². The van der Waals surface area contributed by atoms with Gasteiger partial charge in [-0.15, -0.1) is 0 Å². The number of pyridine rings is 1. The zero-order chi connectivity index (χ0) is 16.2. The lowest BCUT2D eigenvalue weighted by Gasteiger charge is -2.13. The van der Waals surface area contributed by atoms with Gasteiger partial charge in [0, 0.05) is 12.2 Å². The minimum Gasteiger partial charge on any atom is -0.497 e. The number of halogens is 3. The van der Waals surface area contributed by atoms with Crippen LogP contribution in [0.3, 0.4) is 0 Å². The first-order valence-electron chi connectivity index (χ1n) is 6.82. The maximum atomic E-state index is 12.4.